The molecule has 118 valence electrons. The molecule has 0 fully saturated rings. The van der Waals surface area contributed by atoms with Crippen LogP contribution in [0.3, 0.4) is 0 Å². The molecule has 0 aliphatic rings. The Morgan fingerprint density at radius 1 is 1.24 bits per heavy atom. The van der Waals surface area contributed by atoms with Crippen molar-refractivity contribution in [2.45, 2.75) is 65.8 Å². The first-order valence-electron chi connectivity index (χ1n) is 8.00. The molecule has 1 heterocycles. The number of carboxylic acid groups (broad SMARTS) is 1. The molecule has 0 spiro atoms. The second-order valence-electron chi connectivity index (χ2n) is 5.75. The van der Waals surface area contributed by atoms with Crippen molar-refractivity contribution < 1.29 is 9.90 Å². The highest BCUT2D eigenvalue weighted by molar-refractivity contribution is 5.88. The number of carboxylic acids is 1. The second-order valence-corrected chi connectivity index (χ2v) is 5.75. The van der Waals surface area contributed by atoms with E-state index in [1.54, 1.807) is 12.1 Å². The van der Waals surface area contributed by atoms with Gasteiger partial charge in [-0.1, -0.05) is 33.1 Å². The van der Waals surface area contributed by atoms with E-state index >= 15 is 0 Å². The summed E-state index contributed by atoms with van der Waals surface area (Å²) in [5, 5.41) is 9.29. The number of nitrogens with zero attached hydrogens (tertiary/aromatic N) is 2. The Bertz CT molecular complexity index is 458. The maximum Gasteiger partial charge on any atom is 0.335 e. The number of aryl methyl sites for hydroxylation is 1. The molecule has 4 heteroatoms. The van der Waals surface area contributed by atoms with E-state index < -0.39 is 5.97 Å². The van der Waals surface area contributed by atoms with Crippen LogP contribution in [0.15, 0.2) is 12.1 Å². The quantitative estimate of drug-likeness (QED) is 0.695. The summed E-state index contributed by atoms with van der Waals surface area (Å²) in [6.07, 6.45) is 5.25. The Balaban J connectivity index is 3.07. The SMILES string of the molecule is CCCCCN(c1cc(C(=O)O)cc(CCC)n1)C(C)C. The zero-order valence-electron chi connectivity index (χ0n) is 13.7. The molecule has 1 aromatic rings. The molecular formula is C17H28N2O2. The van der Waals surface area contributed by atoms with E-state index in [0.29, 0.717) is 11.6 Å². The smallest absolute Gasteiger partial charge is 0.335 e. The number of pyridine rings is 1. The summed E-state index contributed by atoms with van der Waals surface area (Å²) in [4.78, 5) is 18.2. The predicted molar refractivity (Wildman–Crippen MR) is 87.2 cm³/mol. The van der Waals surface area contributed by atoms with Gasteiger partial charge in [-0.3, -0.25) is 0 Å². The zero-order valence-corrected chi connectivity index (χ0v) is 13.7. The second kappa shape index (κ2) is 8.65. The number of aromatic carboxylic acids is 1. The summed E-state index contributed by atoms with van der Waals surface area (Å²) < 4.78 is 0. The highest BCUT2D eigenvalue weighted by Crippen LogP contribution is 2.19. The third-order valence-corrected chi connectivity index (χ3v) is 3.54. The van der Waals surface area contributed by atoms with Crippen LogP contribution in [0, 0.1) is 0 Å². The first kappa shape index (κ1) is 17.5. The molecule has 0 radical (unpaired) electrons. The van der Waals surface area contributed by atoms with Crippen LogP contribution in [0.5, 0.6) is 0 Å². The van der Waals surface area contributed by atoms with Crippen LogP contribution in [-0.4, -0.2) is 28.6 Å². The summed E-state index contributed by atoms with van der Waals surface area (Å²) in [6.45, 7) is 9.44. The van der Waals surface area contributed by atoms with E-state index in [1.807, 2.05) is 0 Å². The molecule has 0 aromatic carbocycles. The molecule has 0 amide bonds. The molecule has 1 rings (SSSR count). The van der Waals surface area contributed by atoms with E-state index in [0.717, 1.165) is 37.3 Å². The molecule has 1 N–H and O–H groups in total. The molecule has 0 saturated carbocycles. The lowest BCUT2D eigenvalue weighted by atomic mass is 10.1. The van der Waals surface area contributed by atoms with Gasteiger partial charge in [-0.05, 0) is 38.8 Å². The average Bonchev–Trinajstić information content (AvgIpc) is 2.43. The monoisotopic (exact) mass is 292 g/mol. The maximum absolute atomic E-state index is 11.3. The van der Waals surface area contributed by atoms with Gasteiger partial charge in [-0.2, -0.15) is 0 Å². The molecular weight excluding hydrogens is 264 g/mol. The van der Waals surface area contributed by atoms with Crippen molar-refractivity contribution in [1.82, 2.24) is 4.98 Å². The Morgan fingerprint density at radius 3 is 2.48 bits per heavy atom. The van der Waals surface area contributed by atoms with E-state index in [9.17, 15) is 9.90 Å². The van der Waals surface area contributed by atoms with Crippen LogP contribution in [0.4, 0.5) is 5.82 Å². The largest absolute Gasteiger partial charge is 0.478 e. The maximum atomic E-state index is 11.3. The molecule has 0 atom stereocenters. The molecule has 0 saturated heterocycles. The Hall–Kier alpha value is -1.58. The Labute approximate surface area is 128 Å². The van der Waals surface area contributed by atoms with E-state index in [1.165, 1.54) is 12.8 Å². The molecule has 4 nitrogen and oxygen atoms in total. The summed E-state index contributed by atoms with van der Waals surface area (Å²) in [5.74, 6) is -0.0854. The number of anilines is 1. The number of hydrogen-bond donors (Lipinski definition) is 1. The van der Waals surface area contributed by atoms with Gasteiger partial charge in [0.05, 0.1) is 5.56 Å². The van der Waals surface area contributed by atoms with E-state index in [4.69, 9.17) is 0 Å². The van der Waals surface area contributed by atoms with Gasteiger partial charge in [0.1, 0.15) is 5.82 Å². The molecule has 21 heavy (non-hydrogen) atoms. The average molecular weight is 292 g/mol. The Kier molecular flexibility index (Phi) is 7.20. The minimum atomic E-state index is -0.881. The van der Waals surface area contributed by atoms with Crippen LogP contribution in [-0.2, 0) is 6.42 Å². The van der Waals surface area contributed by atoms with Crippen LogP contribution in [0.2, 0.25) is 0 Å². The zero-order chi connectivity index (χ0) is 15.8. The van der Waals surface area contributed by atoms with Crippen molar-refractivity contribution >= 4 is 11.8 Å². The summed E-state index contributed by atoms with van der Waals surface area (Å²) in [7, 11) is 0. The minimum Gasteiger partial charge on any atom is -0.478 e. The van der Waals surface area contributed by atoms with Crippen LogP contribution < -0.4 is 4.90 Å². The number of rotatable bonds is 9. The molecule has 1 aromatic heterocycles. The Morgan fingerprint density at radius 2 is 1.95 bits per heavy atom. The van der Waals surface area contributed by atoms with Gasteiger partial charge in [0.2, 0.25) is 0 Å². The van der Waals surface area contributed by atoms with Gasteiger partial charge in [0.15, 0.2) is 0 Å². The van der Waals surface area contributed by atoms with Crippen molar-refractivity contribution in [3.8, 4) is 0 Å². The fourth-order valence-electron chi connectivity index (χ4n) is 2.40. The van der Waals surface area contributed by atoms with Crippen molar-refractivity contribution in [3.05, 3.63) is 23.4 Å². The first-order valence-corrected chi connectivity index (χ1v) is 8.00. The van der Waals surface area contributed by atoms with Crippen molar-refractivity contribution in [3.63, 3.8) is 0 Å². The van der Waals surface area contributed by atoms with Gasteiger partial charge in [-0.15, -0.1) is 0 Å². The number of hydrogen-bond acceptors (Lipinski definition) is 3. The lowest BCUT2D eigenvalue weighted by Crippen LogP contribution is -2.33. The van der Waals surface area contributed by atoms with Crippen LogP contribution in [0.25, 0.3) is 0 Å². The van der Waals surface area contributed by atoms with Crippen molar-refractivity contribution in [2.24, 2.45) is 0 Å². The fourth-order valence-corrected chi connectivity index (χ4v) is 2.40. The lowest BCUT2D eigenvalue weighted by molar-refractivity contribution is 0.0696. The normalized spacial score (nSPS) is 10.9. The summed E-state index contributed by atoms with van der Waals surface area (Å²) in [5.41, 5.74) is 1.21. The lowest BCUT2D eigenvalue weighted by Gasteiger charge is -2.28. The molecule has 0 unspecified atom stereocenters. The van der Waals surface area contributed by atoms with Crippen LogP contribution >= 0.6 is 0 Å². The molecule has 0 aliphatic heterocycles. The van der Waals surface area contributed by atoms with Gasteiger partial charge < -0.3 is 10.0 Å². The van der Waals surface area contributed by atoms with Crippen molar-refractivity contribution in [1.29, 1.82) is 0 Å². The van der Waals surface area contributed by atoms with Gasteiger partial charge in [0, 0.05) is 18.3 Å². The third-order valence-electron chi connectivity index (χ3n) is 3.54. The molecule has 0 bridgehead atoms. The highest BCUT2D eigenvalue weighted by atomic mass is 16.4. The first-order chi connectivity index (χ1) is 9.99. The van der Waals surface area contributed by atoms with E-state index in [-0.39, 0.29) is 0 Å². The number of unbranched alkanes of at least 4 members (excludes halogenated alkanes) is 2. The minimum absolute atomic E-state index is 0.313. The highest BCUT2D eigenvalue weighted by Gasteiger charge is 2.15. The number of carbonyl (C=O) groups is 1. The van der Waals surface area contributed by atoms with Crippen molar-refractivity contribution in [2.75, 3.05) is 11.4 Å². The standard InChI is InChI=1S/C17H28N2O2/c1-5-7-8-10-19(13(3)4)16-12-14(17(20)21)11-15(18-16)9-6-2/h11-13H,5-10H2,1-4H3,(H,20,21). The summed E-state index contributed by atoms with van der Waals surface area (Å²) >= 11 is 0. The predicted octanol–water partition coefficient (Wildman–Crippen LogP) is 4.14. The van der Waals surface area contributed by atoms with Gasteiger partial charge >= 0.3 is 5.97 Å². The third kappa shape index (κ3) is 5.37. The van der Waals surface area contributed by atoms with E-state index in [2.05, 4.69) is 37.6 Å². The summed E-state index contributed by atoms with van der Waals surface area (Å²) in [6, 6.07) is 3.71. The topological polar surface area (TPSA) is 53.4 Å². The van der Waals surface area contributed by atoms with Gasteiger partial charge in [-0.25, -0.2) is 9.78 Å². The fraction of sp³-hybridized carbons (Fsp3) is 0.647. The van der Waals surface area contributed by atoms with Crippen LogP contribution in [0.1, 0.15) is 69.4 Å². The van der Waals surface area contributed by atoms with Gasteiger partial charge in [0.25, 0.3) is 0 Å². The number of aromatic nitrogens is 1. The molecule has 0 aliphatic carbocycles.